The molecule has 4 unspecified atom stereocenters. The summed E-state index contributed by atoms with van der Waals surface area (Å²) in [5, 5.41) is 4.00. The first-order chi connectivity index (χ1) is 7.99. The van der Waals surface area contributed by atoms with Crippen LogP contribution in [-0.2, 0) is 0 Å². The second kappa shape index (κ2) is 5.52. The first-order valence-electron chi connectivity index (χ1n) is 7.33. The van der Waals surface area contributed by atoms with Gasteiger partial charge >= 0.3 is 0 Å². The van der Waals surface area contributed by atoms with Crippen LogP contribution in [0.2, 0.25) is 0 Å². The van der Waals surface area contributed by atoms with Crippen LogP contribution in [0, 0.1) is 17.3 Å². The van der Waals surface area contributed by atoms with Gasteiger partial charge in [0.1, 0.15) is 0 Å². The van der Waals surface area contributed by atoms with Crippen LogP contribution in [0.15, 0.2) is 0 Å². The topological polar surface area (TPSA) is 12.0 Å². The molecule has 0 radical (unpaired) electrons. The van der Waals surface area contributed by atoms with Crippen molar-refractivity contribution in [1.29, 1.82) is 0 Å². The van der Waals surface area contributed by atoms with Gasteiger partial charge in [-0.3, -0.25) is 0 Å². The Morgan fingerprint density at radius 3 is 2.59 bits per heavy atom. The van der Waals surface area contributed by atoms with Crippen molar-refractivity contribution in [1.82, 2.24) is 5.32 Å². The van der Waals surface area contributed by atoms with E-state index in [1.807, 2.05) is 0 Å². The lowest BCUT2D eigenvalue weighted by Crippen LogP contribution is -2.53. The minimum Gasteiger partial charge on any atom is -0.310 e. The van der Waals surface area contributed by atoms with Crippen molar-refractivity contribution >= 4 is 11.8 Å². The van der Waals surface area contributed by atoms with Crippen LogP contribution in [0.1, 0.15) is 53.4 Å². The lowest BCUT2D eigenvalue weighted by molar-refractivity contribution is 0.165. The predicted octanol–water partition coefficient (Wildman–Crippen LogP) is 3.93. The molecule has 1 saturated heterocycles. The van der Waals surface area contributed by atoms with Crippen LogP contribution in [0.25, 0.3) is 0 Å². The van der Waals surface area contributed by atoms with Crippen LogP contribution in [-0.4, -0.2) is 23.6 Å². The smallest absolute Gasteiger partial charge is 0.0212 e. The molecule has 1 nitrogen and oxygen atoms in total. The number of rotatable bonds is 2. The molecule has 1 aliphatic carbocycles. The fraction of sp³-hybridized carbons (Fsp3) is 1.00. The molecule has 4 atom stereocenters. The largest absolute Gasteiger partial charge is 0.310 e. The first kappa shape index (κ1) is 13.7. The van der Waals surface area contributed by atoms with Crippen molar-refractivity contribution in [2.45, 2.75) is 65.5 Å². The molecule has 2 aliphatic rings. The molecule has 0 aromatic carbocycles. The molecule has 100 valence electrons. The van der Waals surface area contributed by atoms with E-state index in [1.54, 1.807) is 0 Å². The minimum atomic E-state index is 0.494. The highest BCUT2D eigenvalue weighted by molar-refractivity contribution is 7.99. The molecule has 1 heterocycles. The molecule has 1 saturated carbocycles. The van der Waals surface area contributed by atoms with Crippen molar-refractivity contribution in [3.63, 3.8) is 0 Å². The van der Waals surface area contributed by atoms with Gasteiger partial charge < -0.3 is 5.32 Å². The Bertz CT molecular complexity index is 251. The number of nitrogens with one attached hydrogen (secondary N) is 1. The summed E-state index contributed by atoms with van der Waals surface area (Å²) in [5.41, 5.74) is 0.494. The molecule has 1 aliphatic heterocycles. The van der Waals surface area contributed by atoms with Gasteiger partial charge in [-0.15, -0.1) is 0 Å². The first-order valence-corrected chi connectivity index (χ1v) is 8.48. The van der Waals surface area contributed by atoms with Gasteiger partial charge in [-0.2, -0.15) is 11.8 Å². The van der Waals surface area contributed by atoms with Crippen LogP contribution < -0.4 is 5.32 Å². The van der Waals surface area contributed by atoms with Gasteiger partial charge in [0, 0.05) is 17.8 Å². The van der Waals surface area contributed by atoms with Crippen LogP contribution >= 0.6 is 11.8 Å². The molecule has 0 spiro atoms. The molecule has 2 heteroatoms. The van der Waals surface area contributed by atoms with E-state index in [1.165, 1.54) is 37.2 Å². The Hall–Kier alpha value is 0.310. The van der Waals surface area contributed by atoms with Crippen LogP contribution in [0.4, 0.5) is 0 Å². The van der Waals surface area contributed by atoms with E-state index in [-0.39, 0.29) is 0 Å². The Labute approximate surface area is 112 Å². The summed E-state index contributed by atoms with van der Waals surface area (Å²) in [5.74, 6) is 4.46. The van der Waals surface area contributed by atoms with Gasteiger partial charge in [-0.1, -0.05) is 27.7 Å². The Morgan fingerprint density at radius 2 is 1.94 bits per heavy atom. The summed E-state index contributed by atoms with van der Waals surface area (Å²) in [6, 6.07) is 1.50. The van der Waals surface area contributed by atoms with E-state index in [0.29, 0.717) is 5.41 Å². The van der Waals surface area contributed by atoms with Gasteiger partial charge in [0.2, 0.25) is 0 Å². The summed E-state index contributed by atoms with van der Waals surface area (Å²) < 4.78 is 0. The second-order valence-electron chi connectivity index (χ2n) is 7.03. The van der Waals surface area contributed by atoms with Crippen molar-refractivity contribution in [3.8, 4) is 0 Å². The highest BCUT2D eigenvalue weighted by Crippen LogP contribution is 2.36. The third kappa shape index (κ3) is 3.41. The summed E-state index contributed by atoms with van der Waals surface area (Å²) in [6.07, 6.45) is 5.59. The predicted molar refractivity (Wildman–Crippen MR) is 78.6 cm³/mol. The average Bonchev–Trinajstić information content (AvgIpc) is 2.24. The molecule has 0 aromatic rings. The van der Waals surface area contributed by atoms with Crippen molar-refractivity contribution in [2.75, 3.05) is 11.5 Å². The summed E-state index contributed by atoms with van der Waals surface area (Å²) in [7, 11) is 0. The Kier molecular flexibility index (Phi) is 4.46. The number of hydrogen-bond acceptors (Lipinski definition) is 2. The van der Waals surface area contributed by atoms with Crippen molar-refractivity contribution < 1.29 is 0 Å². The van der Waals surface area contributed by atoms with E-state index in [4.69, 9.17) is 0 Å². The zero-order valence-corrected chi connectivity index (χ0v) is 12.8. The van der Waals surface area contributed by atoms with Crippen LogP contribution in [0.5, 0.6) is 0 Å². The monoisotopic (exact) mass is 255 g/mol. The fourth-order valence-corrected chi connectivity index (χ4v) is 5.00. The normalized spacial score (nSPS) is 42.4. The van der Waals surface area contributed by atoms with E-state index in [0.717, 1.165) is 23.9 Å². The second-order valence-corrected chi connectivity index (χ2v) is 8.18. The molecule has 0 bridgehead atoms. The maximum atomic E-state index is 4.00. The summed E-state index contributed by atoms with van der Waals surface area (Å²) >= 11 is 2.13. The third-order valence-corrected chi connectivity index (χ3v) is 6.03. The Balaban J connectivity index is 1.91. The lowest BCUT2D eigenvalue weighted by atomic mass is 9.77. The molecule has 17 heavy (non-hydrogen) atoms. The van der Waals surface area contributed by atoms with Crippen molar-refractivity contribution in [2.24, 2.45) is 17.3 Å². The van der Waals surface area contributed by atoms with Gasteiger partial charge in [-0.25, -0.2) is 0 Å². The third-order valence-electron chi connectivity index (χ3n) is 4.97. The molecule has 2 rings (SSSR count). The van der Waals surface area contributed by atoms with E-state index >= 15 is 0 Å². The average molecular weight is 255 g/mol. The SMILES string of the molecule is CC1CCC(NC2CSCCC2(C)C)C(C)C1. The minimum absolute atomic E-state index is 0.494. The highest BCUT2D eigenvalue weighted by atomic mass is 32.2. The summed E-state index contributed by atoms with van der Waals surface area (Å²) in [4.78, 5) is 0. The van der Waals surface area contributed by atoms with Crippen LogP contribution in [0.3, 0.4) is 0 Å². The maximum absolute atomic E-state index is 4.00. The van der Waals surface area contributed by atoms with E-state index in [2.05, 4.69) is 44.8 Å². The fourth-order valence-electron chi connectivity index (χ4n) is 3.38. The lowest BCUT2D eigenvalue weighted by Gasteiger charge is -2.44. The highest BCUT2D eigenvalue weighted by Gasteiger charge is 2.35. The van der Waals surface area contributed by atoms with Gasteiger partial charge in [-0.05, 0) is 48.7 Å². The zero-order valence-electron chi connectivity index (χ0n) is 12.0. The Morgan fingerprint density at radius 1 is 1.18 bits per heavy atom. The molecule has 1 N–H and O–H groups in total. The van der Waals surface area contributed by atoms with E-state index in [9.17, 15) is 0 Å². The number of thioether (sulfide) groups is 1. The zero-order chi connectivity index (χ0) is 12.5. The van der Waals surface area contributed by atoms with Gasteiger partial charge in [0.15, 0.2) is 0 Å². The van der Waals surface area contributed by atoms with Gasteiger partial charge in [0.05, 0.1) is 0 Å². The molecular weight excluding hydrogens is 226 g/mol. The van der Waals surface area contributed by atoms with E-state index < -0.39 is 0 Å². The maximum Gasteiger partial charge on any atom is 0.0212 e. The van der Waals surface area contributed by atoms with Crippen molar-refractivity contribution in [3.05, 3.63) is 0 Å². The number of hydrogen-bond donors (Lipinski definition) is 1. The summed E-state index contributed by atoms with van der Waals surface area (Å²) in [6.45, 7) is 9.74. The molecule has 0 amide bonds. The molecule has 0 aromatic heterocycles. The quantitative estimate of drug-likeness (QED) is 0.802. The standard InChI is InChI=1S/C15H29NS/c1-11-5-6-13(12(2)9-11)16-14-10-17-8-7-15(14,3)4/h11-14,16H,5-10H2,1-4H3. The molecular formula is C15H29NS. The molecule has 2 fully saturated rings. The van der Waals surface area contributed by atoms with Gasteiger partial charge in [0.25, 0.3) is 0 Å².